The van der Waals surface area contributed by atoms with Gasteiger partial charge >= 0.3 is 0 Å². The molecule has 1 aliphatic heterocycles. The number of halogens is 1. The summed E-state index contributed by atoms with van der Waals surface area (Å²) in [6.07, 6.45) is 3.05. The van der Waals surface area contributed by atoms with E-state index in [1.165, 1.54) is 17.9 Å². The van der Waals surface area contributed by atoms with Crippen molar-refractivity contribution < 1.29 is 0 Å². The highest BCUT2D eigenvalue weighted by molar-refractivity contribution is 14.0. The molecule has 0 aliphatic carbocycles. The molecule has 1 aromatic heterocycles. The number of thioether (sulfide) groups is 1. The molecule has 5 nitrogen and oxygen atoms in total. The van der Waals surface area contributed by atoms with Gasteiger partial charge in [-0.2, -0.15) is 16.9 Å². The minimum absolute atomic E-state index is 0. The molecular formula is C13H24IN5S. The summed E-state index contributed by atoms with van der Waals surface area (Å²) in [6.45, 7) is 5.19. The van der Waals surface area contributed by atoms with Gasteiger partial charge in [0, 0.05) is 44.4 Å². The fourth-order valence-corrected chi connectivity index (χ4v) is 3.42. The first-order valence-electron chi connectivity index (χ1n) is 6.78. The number of aliphatic imine (C=N–C) groups is 1. The first kappa shape index (κ1) is 17.6. The lowest BCUT2D eigenvalue weighted by molar-refractivity contribution is 0.407. The maximum atomic E-state index is 4.40. The van der Waals surface area contributed by atoms with Gasteiger partial charge in [0.05, 0.1) is 12.2 Å². The van der Waals surface area contributed by atoms with Gasteiger partial charge in [0.15, 0.2) is 5.96 Å². The van der Waals surface area contributed by atoms with Gasteiger partial charge in [-0.25, -0.2) is 0 Å². The van der Waals surface area contributed by atoms with Crippen molar-refractivity contribution in [2.24, 2.45) is 12.0 Å². The first-order chi connectivity index (χ1) is 9.24. The van der Waals surface area contributed by atoms with Crippen LogP contribution in [0.25, 0.3) is 0 Å². The summed E-state index contributed by atoms with van der Waals surface area (Å²) in [7, 11) is 3.82. The average molecular weight is 409 g/mol. The third-order valence-corrected chi connectivity index (χ3v) is 4.83. The van der Waals surface area contributed by atoms with Gasteiger partial charge in [-0.15, -0.1) is 24.0 Å². The Labute approximate surface area is 142 Å². The van der Waals surface area contributed by atoms with E-state index in [0.29, 0.717) is 0 Å². The summed E-state index contributed by atoms with van der Waals surface area (Å²) in [5.74, 6) is 2.19. The Morgan fingerprint density at radius 2 is 2.40 bits per heavy atom. The molecule has 1 unspecified atom stereocenters. The SMILES string of the molecule is CCC1CN(C(=NC)NCc2ccnn2C)CCS1.I. The summed E-state index contributed by atoms with van der Waals surface area (Å²) < 4.78 is 1.89. The predicted octanol–water partition coefficient (Wildman–Crippen LogP) is 1.94. The van der Waals surface area contributed by atoms with Crippen molar-refractivity contribution in [3.8, 4) is 0 Å². The van der Waals surface area contributed by atoms with E-state index in [1.807, 2.05) is 31.0 Å². The molecule has 2 rings (SSSR count). The van der Waals surface area contributed by atoms with Crippen molar-refractivity contribution in [3.05, 3.63) is 18.0 Å². The van der Waals surface area contributed by atoms with Crippen LogP contribution in [0, 0.1) is 0 Å². The molecule has 1 saturated heterocycles. The Balaban J connectivity index is 0.00000200. The van der Waals surface area contributed by atoms with Crippen LogP contribution in [0.3, 0.4) is 0 Å². The maximum absolute atomic E-state index is 4.40. The van der Waals surface area contributed by atoms with Gasteiger partial charge in [0.25, 0.3) is 0 Å². The number of rotatable bonds is 3. The molecule has 1 N–H and O–H groups in total. The van der Waals surface area contributed by atoms with E-state index < -0.39 is 0 Å². The molecule has 1 atom stereocenters. The van der Waals surface area contributed by atoms with E-state index >= 15 is 0 Å². The Hall–Kier alpha value is -0.440. The van der Waals surface area contributed by atoms with E-state index in [0.717, 1.165) is 30.8 Å². The predicted molar refractivity (Wildman–Crippen MR) is 96.9 cm³/mol. The van der Waals surface area contributed by atoms with Crippen LogP contribution in [0.1, 0.15) is 19.0 Å². The number of hydrogen-bond donors (Lipinski definition) is 1. The van der Waals surface area contributed by atoms with Crippen LogP contribution in [-0.4, -0.2) is 51.8 Å². The van der Waals surface area contributed by atoms with Crippen LogP contribution >= 0.6 is 35.7 Å². The third-order valence-electron chi connectivity index (χ3n) is 3.46. The summed E-state index contributed by atoms with van der Waals surface area (Å²) in [5.41, 5.74) is 1.17. The Morgan fingerprint density at radius 3 is 3.00 bits per heavy atom. The summed E-state index contributed by atoms with van der Waals surface area (Å²) in [6, 6.07) is 2.03. The van der Waals surface area contributed by atoms with Crippen LogP contribution in [-0.2, 0) is 13.6 Å². The van der Waals surface area contributed by atoms with E-state index in [-0.39, 0.29) is 24.0 Å². The van der Waals surface area contributed by atoms with Crippen LogP contribution in [0.4, 0.5) is 0 Å². The van der Waals surface area contributed by atoms with Gasteiger partial charge < -0.3 is 10.2 Å². The standard InChI is InChI=1S/C13H23N5S.HI/c1-4-12-10-18(7-8-19-12)13(14-2)15-9-11-5-6-16-17(11)3;/h5-6,12H,4,7-10H2,1-3H3,(H,14,15);1H. The van der Waals surface area contributed by atoms with Crippen LogP contribution in [0.2, 0.25) is 0 Å². The van der Waals surface area contributed by atoms with E-state index in [2.05, 4.69) is 39.0 Å². The van der Waals surface area contributed by atoms with Crippen molar-refractivity contribution >= 4 is 41.7 Å². The van der Waals surface area contributed by atoms with Gasteiger partial charge in [0.2, 0.25) is 0 Å². The average Bonchev–Trinajstić information content (AvgIpc) is 2.85. The second-order valence-electron chi connectivity index (χ2n) is 4.69. The molecule has 1 fully saturated rings. The zero-order chi connectivity index (χ0) is 13.7. The largest absolute Gasteiger partial charge is 0.351 e. The molecule has 2 heterocycles. The highest BCUT2D eigenvalue weighted by Gasteiger charge is 2.21. The quantitative estimate of drug-likeness (QED) is 0.471. The number of hydrogen-bond acceptors (Lipinski definition) is 3. The molecule has 1 aromatic rings. The molecule has 7 heteroatoms. The molecule has 0 radical (unpaired) electrons. The Morgan fingerprint density at radius 1 is 1.60 bits per heavy atom. The second-order valence-corrected chi connectivity index (χ2v) is 6.10. The Kier molecular flexibility index (Phi) is 7.71. The van der Waals surface area contributed by atoms with Crippen molar-refractivity contribution in [2.75, 3.05) is 25.9 Å². The molecule has 114 valence electrons. The minimum atomic E-state index is 0. The van der Waals surface area contributed by atoms with E-state index in [1.54, 1.807) is 0 Å². The third kappa shape index (κ3) is 4.54. The summed E-state index contributed by atoms with van der Waals surface area (Å²) >= 11 is 2.07. The van der Waals surface area contributed by atoms with Crippen LogP contribution < -0.4 is 5.32 Å². The molecule has 20 heavy (non-hydrogen) atoms. The van der Waals surface area contributed by atoms with Crippen LogP contribution in [0.5, 0.6) is 0 Å². The summed E-state index contributed by atoms with van der Waals surface area (Å²) in [5, 5.41) is 8.34. The van der Waals surface area contributed by atoms with Crippen molar-refractivity contribution in [2.45, 2.75) is 25.1 Å². The monoisotopic (exact) mass is 409 g/mol. The molecule has 1 aliphatic rings. The Bertz CT molecular complexity index is 434. The molecule has 0 amide bonds. The molecule has 0 aromatic carbocycles. The van der Waals surface area contributed by atoms with Crippen molar-refractivity contribution in [3.63, 3.8) is 0 Å². The fourth-order valence-electron chi connectivity index (χ4n) is 2.24. The smallest absolute Gasteiger partial charge is 0.194 e. The van der Waals surface area contributed by atoms with E-state index in [9.17, 15) is 0 Å². The lowest BCUT2D eigenvalue weighted by atomic mass is 10.3. The highest BCUT2D eigenvalue weighted by Crippen LogP contribution is 2.21. The van der Waals surface area contributed by atoms with Gasteiger partial charge in [0.1, 0.15) is 0 Å². The van der Waals surface area contributed by atoms with E-state index in [4.69, 9.17) is 0 Å². The first-order valence-corrected chi connectivity index (χ1v) is 7.83. The number of guanidine groups is 1. The van der Waals surface area contributed by atoms with Gasteiger partial charge in [-0.3, -0.25) is 9.67 Å². The zero-order valence-electron chi connectivity index (χ0n) is 12.4. The normalized spacial score (nSPS) is 19.6. The zero-order valence-corrected chi connectivity index (χ0v) is 15.5. The van der Waals surface area contributed by atoms with Gasteiger partial charge in [-0.1, -0.05) is 6.92 Å². The second kappa shape index (κ2) is 8.76. The minimum Gasteiger partial charge on any atom is -0.351 e. The number of nitrogens with zero attached hydrogens (tertiary/aromatic N) is 4. The topological polar surface area (TPSA) is 45.4 Å². The maximum Gasteiger partial charge on any atom is 0.194 e. The summed E-state index contributed by atoms with van der Waals surface area (Å²) in [4.78, 5) is 6.76. The lowest BCUT2D eigenvalue weighted by Gasteiger charge is -2.34. The lowest BCUT2D eigenvalue weighted by Crippen LogP contribution is -2.47. The van der Waals surface area contributed by atoms with Crippen molar-refractivity contribution in [1.82, 2.24) is 20.0 Å². The molecule has 0 spiro atoms. The molecule has 0 saturated carbocycles. The highest BCUT2D eigenvalue weighted by atomic mass is 127. The fraction of sp³-hybridized carbons (Fsp3) is 0.692. The molecule has 0 bridgehead atoms. The number of aryl methyl sites for hydroxylation is 1. The number of aromatic nitrogens is 2. The van der Waals surface area contributed by atoms with Crippen molar-refractivity contribution in [1.29, 1.82) is 0 Å². The number of nitrogens with one attached hydrogen (secondary N) is 1. The van der Waals surface area contributed by atoms with Crippen LogP contribution in [0.15, 0.2) is 17.3 Å². The van der Waals surface area contributed by atoms with Gasteiger partial charge in [-0.05, 0) is 12.5 Å². The molecular weight excluding hydrogens is 385 g/mol.